The van der Waals surface area contributed by atoms with Crippen LogP contribution < -0.4 is 5.32 Å². The van der Waals surface area contributed by atoms with E-state index in [-0.39, 0.29) is 22.9 Å². The van der Waals surface area contributed by atoms with Crippen molar-refractivity contribution >= 4 is 23.4 Å². The van der Waals surface area contributed by atoms with Gasteiger partial charge in [-0.05, 0) is 36.4 Å². The molecule has 0 aliphatic carbocycles. The predicted octanol–water partition coefficient (Wildman–Crippen LogP) is 2.81. The fraction of sp³-hybridized carbons (Fsp3) is 0.0714. The lowest BCUT2D eigenvalue weighted by molar-refractivity contribution is -0.387. The van der Waals surface area contributed by atoms with Crippen molar-refractivity contribution in [2.24, 2.45) is 0 Å². The van der Waals surface area contributed by atoms with Crippen molar-refractivity contribution in [2.45, 2.75) is 9.79 Å². The van der Waals surface area contributed by atoms with E-state index in [2.05, 4.69) is 5.32 Å². The molecular formula is C14H12N2O4S. The maximum atomic E-state index is 11.5. The van der Waals surface area contributed by atoms with Crippen LogP contribution in [-0.2, 0) is 0 Å². The predicted molar refractivity (Wildman–Crippen MR) is 78.7 cm³/mol. The molecule has 0 spiro atoms. The second-order valence-corrected chi connectivity index (χ2v) is 5.23. The molecule has 0 atom stereocenters. The molecule has 0 aromatic heterocycles. The molecule has 2 aromatic carbocycles. The molecule has 0 fully saturated rings. The topological polar surface area (TPSA) is 92.5 Å². The molecule has 6 nitrogen and oxygen atoms in total. The van der Waals surface area contributed by atoms with Gasteiger partial charge < -0.3 is 10.4 Å². The quantitative estimate of drug-likeness (QED) is 0.669. The number of phenols is 1. The number of aromatic hydroxyl groups is 1. The van der Waals surface area contributed by atoms with Gasteiger partial charge in [-0.2, -0.15) is 0 Å². The maximum absolute atomic E-state index is 11.5. The van der Waals surface area contributed by atoms with E-state index >= 15 is 0 Å². The minimum absolute atomic E-state index is 0.129. The number of nitrogens with one attached hydrogen (secondary N) is 1. The Labute approximate surface area is 125 Å². The summed E-state index contributed by atoms with van der Waals surface area (Å²) in [5.74, 6) is -0.247. The summed E-state index contributed by atoms with van der Waals surface area (Å²) in [7, 11) is 1.47. The van der Waals surface area contributed by atoms with Crippen LogP contribution in [0.25, 0.3) is 0 Å². The van der Waals surface area contributed by atoms with Gasteiger partial charge in [0.2, 0.25) is 0 Å². The highest BCUT2D eigenvalue weighted by Gasteiger charge is 2.18. The Bertz CT molecular complexity index is 686. The van der Waals surface area contributed by atoms with Crippen molar-refractivity contribution in [1.29, 1.82) is 0 Å². The smallest absolute Gasteiger partial charge is 0.284 e. The summed E-state index contributed by atoms with van der Waals surface area (Å²) in [5.41, 5.74) is 0.105. The van der Waals surface area contributed by atoms with Crippen LogP contribution in [0.4, 0.5) is 5.69 Å². The molecule has 2 rings (SSSR count). The lowest BCUT2D eigenvalue weighted by atomic mass is 10.2. The summed E-state index contributed by atoms with van der Waals surface area (Å²) in [6.45, 7) is 0. The second kappa shape index (κ2) is 6.27. The molecule has 2 aromatic rings. The number of nitro groups is 1. The molecule has 0 unspecified atom stereocenters. The summed E-state index contributed by atoms with van der Waals surface area (Å²) >= 11 is 1.19. The number of amides is 1. The van der Waals surface area contributed by atoms with Crippen LogP contribution in [0.5, 0.6) is 5.75 Å². The summed E-state index contributed by atoms with van der Waals surface area (Å²) in [6, 6.07) is 10.7. The second-order valence-electron chi connectivity index (χ2n) is 4.11. The van der Waals surface area contributed by atoms with Crippen LogP contribution in [0.1, 0.15) is 10.4 Å². The van der Waals surface area contributed by atoms with Gasteiger partial charge in [0.25, 0.3) is 11.6 Å². The van der Waals surface area contributed by atoms with Crippen molar-refractivity contribution < 1.29 is 14.8 Å². The van der Waals surface area contributed by atoms with Crippen LogP contribution in [0.15, 0.2) is 52.3 Å². The van der Waals surface area contributed by atoms with Crippen LogP contribution >= 0.6 is 11.8 Å². The Morgan fingerprint density at radius 2 is 1.90 bits per heavy atom. The molecular weight excluding hydrogens is 292 g/mol. The summed E-state index contributed by atoms with van der Waals surface area (Å²) in [5, 5.41) is 22.8. The van der Waals surface area contributed by atoms with Gasteiger partial charge in [0.05, 0.1) is 9.82 Å². The van der Waals surface area contributed by atoms with E-state index in [1.807, 2.05) is 0 Å². The van der Waals surface area contributed by atoms with Crippen molar-refractivity contribution in [3.05, 3.63) is 58.1 Å². The first-order valence-electron chi connectivity index (χ1n) is 5.98. The minimum Gasteiger partial charge on any atom is -0.508 e. The van der Waals surface area contributed by atoms with Crippen molar-refractivity contribution in [1.82, 2.24) is 5.32 Å². The number of nitrogens with zero attached hydrogens (tertiary/aromatic N) is 1. The Morgan fingerprint density at radius 3 is 2.48 bits per heavy atom. The van der Waals surface area contributed by atoms with E-state index in [4.69, 9.17) is 0 Å². The van der Waals surface area contributed by atoms with Gasteiger partial charge in [0, 0.05) is 23.6 Å². The highest BCUT2D eigenvalue weighted by Crippen LogP contribution is 2.35. The first-order chi connectivity index (χ1) is 10.0. The van der Waals surface area contributed by atoms with Crippen molar-refractivity contribution in [3.8, 4) is 5.75 Å². The van der Waals surface area contributed by atoms with Crippen LogP contribution in [0.3, 0.4) is 0 Å². The van der Waals surface area contributed by atoms with E-state index in [1.54, 1.807) is 18.2 Å². The zero-order valence-corrected chi connectivity index (χ0v) is 11.9. The van der Waals surface area contributed by atoms with Gasteiger partial charge in [-0.25, -0.2) is 0 Å². The number of nitro benzene ring substituents is 1. The number of hydrogen-bond acceptors (Lipinski definition) is 5. The molecule has 21 heavy (non-hydrogen) atoms. The van der Waals surface area contributed by atoms with Gasteiger partial charge in [0.15, 0.2) is 0 Å². The molecule has 108 valence electrons. The largest absolute Gasteiger partial charge is 0.508 e. The Hall–Kier alpha value is -2.54. The average Bonchev–Trinajstić information content (AvgIpc) is 2.49. The van der Waals surface area contributed by atoms with E-state index < -0.39 is 4.92 Å². The standard InChI is InChI=1S/C14H12N2O4S/c1-15-14(18)9-2-7-13(12(8-9)16(19)20)21-11-5-3-10(17)4-6-11/h2-8,17H,1H3,(H,15,18). The maximum Gasteiger partial charge on any atom is 0.284 e. The number of hydrogen-bond donors (Lipinski definition) is 2. The fourth-order valence-corrected chi connectivity index (χ4v) is 2.57. The number of phenolic OH excluding ortho intramolecular Hbond substituents is 1. The highest BCUT2D eigenvalue weighted by atomic mass is 32.2. The third-order valence-corrected chi connectivity index (χ3v) is 3.78. The minimum atomic E-state index is -0.519. The van der Waals surface area contributed by atoms with Crippen molar-refractivity contribution in [3.63, 3.8) is 0 Å². The number of benzene rings is 2. The molecule has 0 aliphatic rings. The van der Waals surface area contributed by atoms with Crippen LogP contribution in [0, 0.1) is 10.1 Å². The first-order valence-corrected chi connectivity index (χ1v) is 6.80. The Morgan fingerprint density at radius 1 is 1.24 bits per heavy atom. The molecule has 1 amide bonds. The Kier molecular flexibility index (Phi) is 4.44. The third-order valence-electron chi connectivity index (χ3n) is 2.71. The molecule has 0 heterocycles. The zero-order chi connectivity index (χ0) is 15.4. The summed E-state index contributed by atoms with van der Waals surface area (Å²) < 4.78 is 0. The average molecular weight is 304 g/mol. The monoisotopic (exact) mass is 304 g/mol. The number of rotatable bonds is 4. The van der Waals surface area contributed by atoms with Gasteiger partial charge in [-0.15, -0.1) is 0 Å². The third kappa shape index (κ3) is 3.51. The van der Waals surface area contributed by atoms with Crippen molar-refractivity contribution in [2.75, 3.05) is 7.05 Å². The number of carbonyl (C=O) groups excluding carboxylic acids is 1. The van der Waals surface area contributed by atoms with Gasteiger partial charge in [-0.3, -0.25) is 14.9 Å². The lowest BCUT2D eigenvalue weighted by Crippen LogP contribution is -2.17. The van der Waals surface area contributed by atoms with Gasteiger partial charge in [0.1, 0.15) is 5.75 Å². The first kappa shape index (κ1) is 14.9. The van der Waals surface area contributed by atoms with E-state index in [1.165, 1.54) is 43.1 Å². The molecule has 7 heteroatoms. The molecule has 0 radical (unpaired) electrons. The van der Waals surface area contributed by atoms with Gasteiger partial charge in [-0.1, -0.05) is 11.8 Å². The molecule has 2 N–H and O–H groups in total. The summed E-state index contributed by atoms with van der Waals surface area (Å²) in [6.07, 6.45) is 0. The van der Waals surface area contributed by atoms with Crippen LogP contribution in [-0.4, -0.2) is 23.0 Å². The Balaban J connectivity index is 2.36. The van der Waals surface area contributed by atoms with E-state index in [0.29, 0.717) is 4.90 Å². The SMILES string of the molecule is CNC(=O)c1ccc(Sc2ccc(O)cc2)c([N+](=O)[O-])c1. The van der Waals surface area contributed by atoms with E-state index in [0.717, 1.165) is 4.90 Å². The van der Waals surface area contributed by atoms with Gasteiger partial charge >= 0.3 is 0 Å². The molecule has 0 saturated carbocycles. The molecule has 0 saturated heterocycles. The van der Waals surface area contributed by atoms with E-state index in [9.17, 15) is 20.0 Å². The van der Waals surface area contributed by atoms with Crippen LogP contribution in [0.2, 0.25) is 0 Å². The molecule has 0 aliphatic heterocycles. The molecule has 0 bridgehead atoms. The fourth-order valence-electron chi connectivity index (χ4n) is 1.67. The number of carbonyl (C=O) groups is 1. The lowest BCUT2D eigenvalue weighted by Gasteiger charge is -2.05. The highest BCUT2D eigenvalue weighted by molar-refractivity contribution is 7.99. The summed E-state index contributed by atoms with van der Waals surface area (Å²) in [4.78, 5) is 23.3. The zero-order valence-electron chi connectivity index (χ0n) is 11.1. The normalized spacial score (nSPS) is 10.1.